The number of ether oxygens (including phenoxy) is 2. The van der Waals surface area contributed by atoms with Crippen molar-refractivity contribution in [1.29, 1.82) is 0 Å². The highest BCUT2D eigenvalue weighted by Gasteiger charge is 2.37. The zero-order valence-electron chi connectivity index (χ0n) is 13.5. The maximum Gasteiger partial charge on any atom is 0.137 e. The number of methoxy groups -OCH3 is 2. The van der Waals surface area contributed by atoms with Gasteiger partial charge in [0.2, 0.25) is 0 Å². The number of nitrogens with zero attached hydrogens (tertiary/aromatic N) is 1. The SMILES string of the molecule is COc1cc([C@@H](C2CC2)N2CCNCC2)cc(OC)c1Br.Cl.Cl. The normalized spacial score (nSPS) is 19.3. The van der Waals surface area contributed by atoms with E-state index >= 15 is 0 Å². The summed E-state index contributed by atoms with van der Waals surface area (Å²) in [5.41, 5.74) is 1.32. The van der Waals surface area contributed by atoms with Crippen molar-refractivity contribution in [1.82, 2.24) is 10.2 Å². The summed E-state index contributed by atoms with van der Waals surface area (Å²) in [6.45, 7) is 4.38. The monoisotopic (exact) mass is 426 g/mol. The van der Waals surface area contributed by atoms with Crippen LogP contribution in [0.15, 0.2) is 16.6 Å². The van der Waals surface area contributed by atoms with Crippen molar-refractivity contribution in [2.24, 2.45) is 5.92 Å². The van der Waals surface area contributed by atoms with Gasteiger partial charge in [0.25, 0.3) is 0 Å². The molecule has 2 fully saturated rings. The smallest absolute Gasteiger partial charge is 0.137 e. The number of nitrogens with one attached hydrogen (secondary N) is 1. The Morgan fingerprint density at radius 1 is 1.09 bits per heavy atom. The maximum atomic E-state index is 5.51. The predicted molar refractivity (Wildman–Crippen MR) is 102 cm³/mol. The lowest BCUT2D eigenvalue weighted by atomic mass is 9.99. The van der Waals surface area contributed by atoms with E-state index in [0.29, 0.717) is 6.04 Å². The van der Waals surface area contributed by atoms with Crippen molar-refractivity contribution in [3.8, 4) is 11.5 Å². The molecule has 4 nitrogen and oxygen atoms in total. The molecule has 3 rings (SSSR count). The minimum Gasteiger partial charge on any atom is -0.495 e. The van der Waals surface area contributed by atoms with Gasteiger partial charge in [-0.2, -0.15) is 0 Å². The van der Waals surface area contributed by atoms with Crippen LogP contribution in [0, 0.1) is 5.92 Å². The zero-order valence-corrected chi connectivity index (χ0v) is 16.7. The molecule has 7 heteroatoms. The van der Waals surface area contributed by atoms with Crippen LogP contribution in [0.2, 0.25) is 0 Å². The second-order valence-corrected chi connectivity index (χ2v) is 6.60. The first-order chi connectivity index (χ1) is 10.2. The van der Waals surface area contributed by atoms with Gasteiger partial charge in [-0.3, -0.25) is 4.90 Å². The molecule has 0 spiro atoms. The van der Waals surface area contributed by atoms with Crippen molar-refractivity contribution < 1.29 is 9.47 Å². The van der Waals surface area contributed by atoms with Crippen LogP contribution >= 0.6 is 40.7 Å². The second-order valence-electron chi connectivity index (χ2n) is 5.81. The Hall–Kier alpha value is -0.200. The lowest BCUT2D eigenvalue weighted by Gasteiger charge is -2.35. The van der Waals surface area contributed by atoms with Crippen molar-refractivity contribution >= 4 is 40.7 Å². The van der Waals surface area contributed by atoms with E-state index in [9.17, 15) is 0 Å². The van der Waals surface area contributed by atoms with E-state index in [1.54, 1.807) is 14.2 Å². The highest BCUT2D eigenvalue weighted by molar-refractivity contribution is 9.10. The molecule has 1 N–H and O–H groups in total. The fourth-order valence-electron chi connectivity index (χ4n) is 3.21. The second kappa shape index (κ2) is 9.33. The van der Waals surface area contributed by atoms with Gasteiger partial charge in [0.15, 0.2) is 0 Å². The van der Waals surface area contributed by atoms with Crippen LogP contribution in [0.25, 0.3) is 0 Å². The molecule has 1 saturated heterocycles. The summed E-state index contributed by atoms with van der Waals surface area (Å²) in [7, 11) is 3.42. The van der Waals surface area contributed by atoms with E-state index in [1.165, 1.54) is 18.4 Å². The van der Waals surface area contributed by atoms with E-state index in [2.05, 4.69) is 38.3 Å². The van der Waals surface area contributed by atoms with Crippen LogP contribution in [0.3, 0.4) is 0 Å². The molecule has 0 radical (unpaired) electrons. The third kappa shape index (κ3) is 4.67. The Balaban J connectivity index is 0.00000132. The Morgan fingerprint density at radius 3 is 2.04 bits per heavy atom. The fourth-order valence-corrected chi connectivity index (χ4v) is 3.77. The van der Waals surface area contributed by atoms with Gasteiger partial charge >= 0.3 is 0 Å². The van der Waals surface area contributed by atoms with Crippen molar-refractivity contribution in [2.75, 3.05) is 40.4 Å². The first kappa shape index (κ1) is 20.8. The van der Waals surface area contributed by atoms with E-state index < -0.39 is 0 Å². The third-order valence-electron chi connectivity index (χ3n) is 4.42. The highest BCUT2D eigenvalue weighted by Crippen LogP contribution is 2.47. The summed E-state index contributed by atoms with van der Waals surface area (Å²) >= 11 is 3.56. The lowest BCUT2D eigenvalue weighted by Crippen LogP contribution is -2.45. The first-order valence-corrected chi connectivity index (χ1v) is 8.40. The number of hydrogen-bond acceptors (Lipinski definition) is 4. The van der Waals surface area contributed by atoms with Gasteiger partial charge in [-0.1, -0.05) is 0 Å². The van der Waals surface area contributed by atoms with E-state index in [1.807, 2.05) is 0 Å². The van der Waals surface area contributed by atoms with E-state index in [-0.39, 0.29) is 24.8 Å². The summed E-state index contributed by atoms with van der Waals surface area (Å²) in [5, 5.41) is 3.44. The lowest BCUT2D eigenvalue weighted by molar-refractivity contribution is 0.155. The number of halogens is 3. The molecule has 23 heavy (non-hydrogen) atoms. The number of rotatable bonds is 5. The van der Waals surface area contributed by atoms with Gasteiger partial charge in [0.05, 0.1) is 14.2 Å². The van der Waals surface area contributed by atoms with Gasteiger partial charge in [0, 0.05) is 32.2 Å². The first-order valence-electron chi connectivity index (χ1n) is 7.60. The minimum absolute atomic E-state index is 0. The van der Waals surface area contributed by atoms with Crippen molar-refractivity contribution in [2.45, 2.75) is 18.9 Å². The van der Waals surface area contributed by atoms with Gasteiger partial charge in [-0.15, -0.1) is 24.8 Å². The molecule has 1 saturated carbocycles. The Bertz CT molecular complexity index is 484. The molecule has 1 heterocycles. The molecule has 0 bridgehead atoms. The quantitative estimate of drug-likeness (QED) is 0.777. The molecule has 1 aliphatic heterocycles. The van der Waals surface area contributed by atoms with E-state index in [4.69, 9.17) is 9.47 Å². The molecule has 1 atom stereocenters. The largest absolute Gasteiger partial charge is 0.495 e. The van der Waals surface area contributed by atoms with Crippen LogP contribution in [0.5, 0.6) is 11.5 Å². The maximum absolute atomic E-state index is 5.51. The average molecular weight is 428 g/mol. The Kier molecular flexibility index (Phi) is 8.45. The topological polar surface area (TPSA) is 33.7 Å². The number of hydrogen-bond donors (Lipinski definition) is 1. The molecule has 0 unspecified atom stereocenters. The van der Waals surface area contributed by atoms with Gasteiger partial charge in [-0.05, 0) is 52.4 Å². The molecule has 1 aromatic rings. The molecule has 1 aromatic carbocycles. The Morgan fingerprint density at radius 2 is 1.61 bits per heavy atom. The summed E-state index contributed by atoms with van der Waals surface area (Å²) in [6, 6.07) is 4.82. The highest BCUT2D eigenvalue weighted by atomic mass is 79.9. The van der Waals surface area contributed by atoms with Crippen molar-refractivity contribution in [3.63, 3.8) is 0 Å². The molecule has 1 aliphatic carbocycles. The summed E-state index contributed by atoms with van der Waals surface area (Å²) in [4.78, 5) is 2.61. The van der Waals surface area contributed by atoms with Crippen LogP contribution in [-0.2, 0) is 0 Å². The van der Waals surface area contributed by atoms with Gasteiger partial charge in [-0.25, -0.2) is 0 Å². The van der Waals surface area contributed by atoms with Crippen LogP contribution in [-0.4, -0.2) is 45.3 Å². The molecular weight excluding hydrogens is 403 g/mol. The van der Waals surface area contributed by atoms with Crippen LogP contribution in [0.1, 0.15) is 24.4 Å². The summed E-state index contributed by atoms with van der Waals surface area (Å²) < 4.78 is 11.9. The number of benzene rings is 1. The molecule has 0 aromatic heterocycles. The Labute approximate surface area is 159 Å². The molecule has 0 amide bonds. The summed E-state index contributed by atoms with van der Waals surface area (Å²) in [6.07, 6.45) is 2.66. The van der Waals surface area contributed by atoms with Gasteiger partial charge in [0.1, 0.15) is 16.0 Å². The van der Waals surface area contributed by atoms with Gasteiger partial charge < -0.3 is 14.8 Å². The van der Waals surface area contributed by atoms with Crippen LogP contribution < -0.4 is 14.8 Å². The summed E-state index contributed by atoms with van der Waals surface area (Å²) in [5.74, 6) is 2.48. The van der Waals surface area contributed by atoms with E-state index in [0.717, 1.165) is 48.1 Å². The zero-order chi connectivity index (χ0) is 14.8. The predicted octanol–water partition coefficient (Wildman–Crippen LogP) is 3.67. The number of piperazine rings is 1. The van der Waals surface area contributed by atoms with Crippen molar-refractivity contribution in [3.05, 3.63) is 22.2 Å². The third-order valence-corrected chi connectivity index (χ3v) is 5.20. The standard InChI is InChI=1S/C16H23BrN2O2.2ClH/c1-20-13-9-12(10-14(21-2)15(13)17)16(11-3-4-11)19-7-5-18-6-8-19;;/h9-11,16,18H,3-8H2,1-2H3;2*1H/t16-;;/m1../s1. The van der Waals surface area contributed by atoms with Crippen LogP contribution in [0.4, 0.5) is 0 Å². The average Bonchev–Trinajstić information content (AvgIpc) is 3.34. The molecule has 2 aliphatic rings. The molecule has 132 valence electrons. The fraction of sp³-hybridized carbons (Fsp3) is 0.625. The minimum atomic E-state index is 0. The molecular formula is C16H25BrCl2N2O2.